The van der Waals surface area contributed by atoms with Gasteiger partial charge in [-0.15, -0.1) is 0 Å². The van der Waals surface area contributed by atoms with E-state index >= 15 is 0 Å². The molecule has 18 heavy (non-hydrogen) atoms. The maximum absolute atomic E-state index is 11.9. The topological polar surface area (TPSA) is 89.4 Å². The molecule has 4 N–H and O–H groups in total. The van der Waals surface area contributed by atoms with Gasteiger partial charge in [-0.25, -0.2) is 0 Å². The Balaban J connectivity index is 2.71. The van der Waals surface area contributed by atoms with Crippen molar-refractivity contribution in [1.29, 1.82) is 0 Å². The van der Waals surface area contributed by atoms with Crippen LogP contribution in [0.3, 0.4) is 0 Å². The summed E-state index contributed by atoms with van der Waals surface area (Å²) in [7, 11) is 0. The molecule has 98 valence electrons. The molecule has 1 aromatic carbocycles. The van der Waals surface area contributed by atoms with E-state index in [1.165, 1.54) is 0 Å². The maximum atomic E-state index is 11.9. The van der Waals surface area contributed by atoms with Crippen LogP contribution in [0.4, 0.5) is 0 Å². The van der Waals surface area contributed by atoms with Crippen LogP contribution in [0.5, 0.6) is 0 Å². The smallest absolute Gasteiger partial charge is 0.239 e. The second-order valence-corrected chi connectivity index (χ2v) is 4.25. The van der Waals surface area contributed by atoms with E-state index in [4.69, 9.17) is 11.5 Å². The first-order chi connectivity index (χ1) is 8.50. The Morgan fingerprint density at radius 1 is 1.28 bits per heavy atom. The fourth-order valence-electron chi connectivity index (χ4n) is 1.60. The van der Waals surface area contributed by atoms with Gasteiger partial charge in [-0.3, -0.25) is 9.59 Å². The largest absolute Gasteiger partial charge is 0.370 e. The third-order valence-corrected chi connectivity index (χ3v) is 2.55. The fourth-order valence-corrected chi connectivity index (χ4v) is 1.60. The Morgan fingerprint density at radius 2 is 1.89 bits per heavy atom. The van der Waals surface area contributed by atoms with Gasteiger partial charge in [0, 0.05) is 19.5 Å². The van der Waals surface area contributed by atoms with Crippen molar-refractivity contribution < 1.29 is 9.59 Å². The van der Waals surface area contributed by atoms with Crippen LogP contribution in [0.2, 0.25) is 0 Å². The van der Waals surface area contributed by atoms with E-state index in [1.807, 2.05) is 30.3 Å². The summed E-state index contributed by atoms with van der Waals surface area (Å²) in [6, 6.07) is 8.97. The van der Waals surface area contributed by atoms with Crippen molar-refractivity contribution in [3.8, 4) is 0 Å². The normalized spacial score (nSPS) is 11.9. The van der Waals surface area contributed by atoms with Crippen molar-refractivity contribution in [3.63, 3.8) is 0 Å². The average molecular weight is 249 g/mol. The fraction of sp³-hybridized carbons (Fsp3) is 0.385. The molecule has 0 aliphatic heterocycles. The van der Waals surface area contributed by atoms with Gasteiger partial charge in [0.1, 0.15) is 0 Å². The first-order valence-electron chi connectivity index (χ1n) is 5.87. The number of rotatable bonds is 6. The van der Waals surface area contributed by atoms with E-state index in [-0.39, 0.29) is 12.3 Å². The van der Waals surface area contributed by atoms with Gasteiger partial charge in [0.2, 0.25) is 11.8 Å². The summed E-state index contributed by atoms with van der Waals surface area (Å²) in [5, 5.41) is 0. The highest BCUT2D eigenvalue weighted by Crippen LogP contribution is 2.06. The Morgan fingerprint density at radius 3 is 2.39 bits per heavy atom. The van der Waals surface area contributed by atoms with E-state index in [2.05, 4.69) is 0 Å². The minimum Gasteiger partial charge on any atom is -0.370 e. The van der Waals surface area contributed by atoms with Crippen LogP contribution in [-0.2, 0) is 16.1 Å². The minimum atomic E-state index is -0.582. The van der Waals surface area contributed by atoms with Crippen LogP contribution < -0.4 is 11.5 Å². The summed E-state index contributed by atoms with van der Waals surface area (Å²) in [6.45, 7) is 2.36. The maximum Gasteiger partial charge on any atom is 0.239 e. The highest BCUT2D eigenvalue weighted by atomic mass is 16.2. The molecule has 5 nitrogen and oxygen atoms in total. The van der Waals surface area contributed by atoms with Crippen molar-refractivity contribution in [2.45, 2.75) is 25.9 Å². The van der Waals surface area contributed by atoms with Crippen LogP contribution in [0, 0.1) is 0 Å². The molecule has 0 aliphatic rings. The van der Waals surface area contributed by atoms with Crippen molar-refractivity contribution in [2.24, 2.45) is 11.5 Å². The molecule has 0 radical (unpaired) electrons. The van der Waals surface area contributed by atoms with Gasteiger partial charge in [0.25, 0.3) is 0 Å². The van der Waals surface area contributed by atoms with Gasteiger partial charge >= 0.3 is 0 Å². The van der Waals surface area contributed by atoms with Gasteiger partial charge in [0.05, 0.1) is 6.04 Å². The number of amides is 2. The van der Waals surface area contributed by atoms with E-state index < -0.39 is 11.9 Å². The molecule has 0 fully saturated rings. The molecule has 0 heterocycles. The third-order valence-electron chi connectivity index (χ3n) is 2.55. The van der Waals surface area contributed by atoms with Crippen LogP contribution >= 0.6 is 0 Å². The zero-order chi connectivity index (χ0) is 13.5. The summed E-state index contributed by atoms with van der Waals surface area (Å²) in [5.41, 5.74) is 11.7. The Hall–Kier alpha value is -1.88. The van der Waals surface area contributed by atoms with Gasteiger partial charge in [-0.05, 0) is 12.5 Å². The van der Waals surface area contributed by atoms with E-state index in [0.717, 1.165) is 5.56 Å². The third kappa shape index (κ3) is 4.55. The van der Waals surface area contributed by atoms with Crippen molar-refractivity contribution in [1.82, 2.24) is 4.90 Å². The molecule has 2 amide bonds. The molecular weight excluding hydrogens is 230 g/mol. The lowest BCUT2D eigenvalue weighted by Gasteiger charge is -2.24. The summed E-state index contributed by atoms with van der Waals surface area (Å²) >= 11 is 0. The molecule has 1 unspecified atom stereocenters. The zero-order valence-corrected chi connectivity index (χ0v) is 10.5. The summed E-state index contributed by atoms with van der Waals surface area (Å²) in [4.78, 5) is 24.3. The molecule has 1 aromatic rings. The zero-order valence-electron chi connectivity index (χ0n) is 10.5. The average Bonchev–Trinajstić information content (AvgIpc) is 2.34. The lowest BCUT2D eigenvalue weighted by Crippen LogP contribution is -2.42. The molecule has 1 atom stereocenters. The van der Waals surface area contributed by atoms with Crippen LogP contribution in [-0.4, -0.2) is 29.3 Å². The minimum absolute atomic E-state index is 0.144. The Bertz CT molecular complexity index is 404. The number of carbonyl (C=O) groups excluding carboxylic acids is 2. The van der Waals surface area contributed by atoms with Crippen LogP contribution in [0.25, 0.3) is 0 Å². The van der Waals surface area contributed by atoms with Gasteiger partial charge in [-0.1, -0.05) is 30.3 Å². The molecule has 0 spiro atoms. The number of hydrogen-bond acceptors (Lipinski definition) is 3. The second-order valence-electron chi connectivity index (χ2n) is 4.25. The highest BCUT2D eigenvalue weighted by Gasteiger charge is 2.18. The number of carbonyl (C=O) groups is 2. The molecule has 1 rings (SSSR count). The predicted molar refractivity (Wildman–Crippen MR) is 69.3 cm³/mol. The molecule has 0 bridgehead atoms. The number of nitrogens with zero attached hydrogens (tertiary/aromatic N) is 1. The van der Waals surface area contributed by atoms with Gasteiger partial charge in [-0.2, -0.15) is 0 Å². The second kappa shape index (κ2) is 6.76. The quantitative estimate of drug-likeness (QED) is 0.756. The number of primary amides is 1. The Labute approximate surface area is 107 Å². The van der Waals surface area contributed by atoms with Gasteiger partial charge < -0.3 is 16.4 Å². The standard InChI is InChI=1S/C13H19N3O2/c1-10(14)13(18)16(8-7-12(15)17)9-11-5-3-2-4-6-11/h2-6,10H,7-9,14H2,1H3,(H2,15,17). The predicted octanol–water partition coefficient (Wildman–Crippen LogP) is 0.238. The molecule has 5 heteroatoms. The van der Waals surface area contributed by atoms with Crippen molar-refractivity contribution >= 4 is 11.8 Å². The SMILES string of the molecule is CC(N)C(=O)N(CCC(N)=O)Cc1ccccc1. The van der Waals surface area contributed by atoms with E-state index in [9.17, 15) is 9.59 Å². The van der Waals surface area contributed by atoms with Crippen LogP contribution in [0.1, 0.15) is 18.9 Å². The van der Waals surface area contributed by atoms with Gasteiger partial charge in [0.15, 0.2) is 0 Å². The van der Waals surface area contributed by atoms with Crippen LogP contribution in [0.15, 0.2) is 30.3 Å². The van der Waals surface area contributed by atoms with E-state index in [1.54, 1.807) is 11.8 Å². The Kier molecular flexibility index (Phi) is 5.32. The summed E-state index contributed by atoms with van der Waals surface area (Å²) in [5.74, 6) is -0.606. The summed E-state index contributed by atoms with van der Waals surface area (Å²) < 4.78 is 0. The first kappa shape index (κ1) is 14.2. The van der Waals surface area contributed by atoms with Crippen molar-refractivity contribution in [3.05, 3.63) is 35.9 Å². The molecule has 0 saturated carbocycles. The molecule has 0 aromatic heterocycles. The van der Waals surface area contributed by atoms with Crippen molar-refractivity contribution in [2.75, 3.05) is 6.54 Å². The summed E-state index contributed by atoms with van der Waals surface area (Å²) in [6.07, 6.45) is 0.144. The lowest BCUT2D eigenvalue weighted by atomic mass is 10.2. The molecular formula is C13H19N3O2. The monoisotopic (exact) mass is 249 g/mol. The first-order valence-corrected chi connectivity index (χ1v) is 5.87. The number of hydrogen-bond donors (Lipinski definition) is 2. The van der Waals surface area contributed by atoms with E-state index in [0.29, 0.717) is 13.1 Å². The highest BCUT2D eigenvalue weighted by molar-refractivity contribution is 5.82. The lowest BCUT2D eigenvalue weighted by molar-refractivity contribution is -0.133. The molecule has 0 aliphatic carbocycles. The number of benzene rings is 1. The number of nitrogens with two attached hydrogens (primary N) is 2. The molecule has 0 saturated heterocycles.